The number of rotatable bonds is 2. The van der Waals surface area contributed by atoms with Crippen molar-refractivity contribution < 1.29 is 14.7 Å². The molecule has 0 spiro atoms. The number of carboxylic acids is 1. The van der Waals surface area contributed by atoms with Gasteiger partial charge in [0.25, 0.3) is 0 Å². The number of carbonyl (C=O) groups excluding carboxylic acids is 1. The van der Waals surface area contributed by atoms with E-state index in [-0.39, 0.29) is 11.9 Å². The third kappa shape index (κ3) is 3.55. The zero-order valence-electron chi connectivity index (χ0n) is 13.1. The van der Waals surface area contributed by atoms with Gasteiger partial charge in [-0.05, 0) is 25.0 Å². The average molecular weight is 318 g/mol. The molecule has 2 amide bonds. The minimum absolute atomic E-state index is 0.0446. The summed E-state index contributed by atoms with van der Waals surface area (Å²) in [6.07, 6.45) is 4.66. The number of amides is 2. The first kappa shape index (κ1) is 15.6. The minimum atomic E-state index is -0.747. The Balaban J connectivity index is 1.50. The maximum atomic E-state index is 12.5. The number of nitrogens with zero attached hydrogens (tertiary/aromatic N) is 4. The standard InChI is InChI=1S/C16H22N4O3/c21-15(22)13-3-7-19(8-4-13)16(23)20-11-9-18(10-12-20)14-1-5-17-6-2-14/h1-2,5-6,13H,3-4,7-12H2,(H,21,22). The third-order valence-corrected chi connectivity index (χ3v) is 4.69. The lowest BCUT2D eigenvalue weighted by Gasteiger charge is -2.40. The monoisotopic (exact) mass is 318 g/mol. The highest BCUT2D eigenvalue weighted by Crippen LogP contribution is 2.20. The molecule has 2 saturated heterocycles. The van der Waals surface area contributed by atoms with Gasteiger partial charge in [-0.15, -0.1) is 0 Å². The van der Waals surface area contributed by atoms with Gasteiger partial charge in [0.2, 0.25) is 0 Å². The predicted octanol–water partition coefficient (Wildman–Crippen LogP) is 1.12. The van der Waals surface area contributed by atoms with Gasteiger partial charge in [-0.25, -0.2) is 4.79 Å². The number of pyridine rings is 1. The van der Waals surface area contributed by atoms with Gasteiger partial charge in [0.05, 0.1) is 5.92 Å². The Kier molecular flexibility index (Phi) is 4.64. The van der Waals surface area contributed by atoms with Crippen molar-refractivity contribution >= 4 is 17.7 Å². The molecule has 1 N–H and O–H groups in total. The van der Waals surface area contributed by atoms with Crippen LogP contribution in [-0.4, -0.2) is 71.2 Å². The molecule has 1 aromatic rings. The average Bonchev–Trinajstić information content (AvgIpc) is 2.62. The van der Waals surface area contributed by atoms with Crippen LogP contribution >= 0.6 is 0 Å². The van der Waals surface area contributed by atoms with Crippen molar-refractivity contribution in [3.63, 3.8) is 0 Å². The maximum Gasteiger partial charge on any atom is 0.320 e. The Morgan fingerprint density at radius 1 is 0.957 bits per heavy atom. The van der Waals surface area contributed by atoms with Crippen LogP contribution in [0.4, 0.5) is 10.5 Å². The summed E-state index contributed by atoms with van der Waals surface area (Å²) in [6.45, 7) is 4.09. The Morgan fingerprint density at radius 3 is 2.09 bits per heavy atom. The van der Waals surface area contributed by atoms with E-state index in [1.807, 2.05) is 17.0 Å². The molecule has 2 fully saturated rings. The molecular weight excluding hydrogens is 296 g/mol. The molecular formula is C16H22N4O3. The second-order valence-electron chi connectivity index (χ2n) is 6.06. The van der Waals surface area contributed by atoms with Crippen molar-refractivity contribution in [1.29, 1.82) is 0 Å². The molecule has 7 nitrogen and oxygen atoms in total. The molecule has 0 radical (unpaired) electrons. The zero-order valence-corrected chi connectivity index (χ0v) is 13.1. The van der Waals surface area contributed by atoms with E-state index in [0.29, 0.717) is 39.0 Å². The van der Waals surface area contributed by atoms with E-state index in [1.54, 1.807) is 17.3 Å². The number of urea groups is 1. The van der Waals surface area contributed by atoms with Crippen LogP contribution in [0.2, 0.25) is 0 Å². The lowest BCUT2D eigenvalue weighted by molar-refractivity contribution is -0.143. The van der Waals surface area contributed by atoms with E-state index in [0.717, 1.165) is 18.8 Å². The highest BCUT2D eigenvalue weighted by atomic mass is 16.4. The van der Waals surface area contributed by atoms with Gasteiger partial charge in [0.15, 0.2) is 0 Å². The van der Waals surface area contributed by atoms with Crippen LogP contribution in [0.5, 0.6) is 0 Å². The number of piperazine rings is 1. The number of hydrogen-bond donors (Lipinski definition) is 1. The second kappa shape index (κ2) is 6.85. The highest BCUT2D eigenvalue weighted by molar-refractivity contribution is 5.76. The molecule has 0 unspecified atom stereocenters. The van der Waals surface area contributed by atoms with Crippen molar-refractivity contribution in [2.75, 3.05) is 44.2 Å². The second-order valence-corrected chi connectivity index (χ2v) is 6.06. The van der Waals surface area contributed by atoms with Gasteiger partial charge in [0.1, 0.15) is 0 Å². The SMILES string of the molecule is O=C(O)C1CCN(C(=O)N2CCN(c3ccncc3)CC2)CC1. The first-order valence-corrected chi connectivity index (χ1v) is 8.07. The highest BCUT2D eigenvalue weighted by Gasteiger charge is 2.30. The largest absolute Gasteiger partial charge is 0.481 e. The Morgan fingerprint density at radius 2 is 1.52 bits per heavy atom. The fraction of sp³-hybridized carbons (Fsp3) is 0.562. The molecule has 0 bridgehead atoms. The molecule has 7 heteroatoms. The van der Waals surface area contributed by atoms with Crippen LogP contribution < -0.4 is 4.90 Å². The number of carbonyl (C=O) groups is 2. The molecule has 3 rings (SSSR count). The van der Waals surface area contributed by atoms with E-state index in [4.69, 9.17) is 5.11 Å². The summed E-state index contributed by atoms with van der Waals surface area (Å²) in [7, 11) is 0. The van der Waals surface area contributed by atoms with Gasteiger partial charge in [-0.2, -0.15) is 0 Å². The first-order chi connectivity index (χ1) is 11.1. The molecule has 0 saturated carbocycles. The van der Waals surface area contributed by atoms with E-state index in [2.05, 4.69) is 9.88 Å². The number of hydrogen-bond acceptors (Lipinski definition) is 4. The zero-order chi connectivity index (χ0) is 16.2. The van der Waals surface area contributed by atoms with Crippen LogP contribution in [0.3, 0.4) is 0 Å². The summed E-state index contributed by atoms with van der Waals surface area (Å²) in [4.78, 5) is 33.5. The number of carboxylic acid groups (broad SMARTS) is 1. The van der Waals surface area contributed by atoms with E-state index in [1.165, 1.54) is 0 Å². The van der Waals surface area contributed by atoms with Crippen LogP contribution in [0, 0.1) is 5.92 Å². The summed E-state index contributed by atoms with van der Waals surface area (Å²) in [5.74, 6) is -1.05. The lowest BCUT2D eigenvalue weighted by atomic mass is 9.97. The van der Waals surface area contributed by atoms with E-state index >= 15 is 0 Å². The molecule has 124 valence electrons. The predicted molar refractivity (Wildman–Crippen MR) is 85.4 cm³/mol. The number of likely N-dealkylation sites (tertiary alicyclic amines) is 1. The van der Waals surface area contributed by atoms with E-state index < -0.39 is 5.97 Å². The maximum absolute atomic E-state index is 12.5. The minimum Gasteiger partial charge on any atom is -0.481 e. The molecule has 2 aliphatic rings. The van der Waals surface area contributed by atoms with Gasteiger partial charge < -0.3 is 19.8 Å². The van der Waals surface area contributed by atoms with E-state index in [9.17, 15) is 9.59 Å². The molecule has 23 heavy (non-hydrogen) atoms. The fourth-order valence-corrected chi connectivity index (χ4v) is 3.23. The lowest BCUT2D eigenvalue weighted by Crippen LogP contribution is -2.54. The Bertz CT molecular complexity index is 550. The Labute approximate surface area is 135 Å². The number of aromatic nitrogens is 1. The van der Waals surface area contributed by atoms with Crippen LogP contribution in [0.1, 0.15) is 12.8 Å². The quantitative estimate of drug-likeness (QED) is 0.884. The molecule has 3 heterocycles. The first-order valence-electron chi connectivity index (χ1n) is 8.07. The Hall–Kier alpha value is -2.31. The van der Waals surface area contributed by atoms with Gasteiger partial charge in [0, 0.05) is 57.3 Å². The normalized spacial score (nSPS) is 19.7. The van der Waals surface area contributed by atoms with Crippen molar-refractivity contribution in [1.82, 2.24) is 14.8 Å². The molecule has 0 aromatic carbocycles. The number of piperidine rings is 1. The number of anilines is 1. The molecule has 0 aliphatic carbocycles. The summed E-state index contributed by atoms with van der Waals surface area (Å²) >= 11 is 0. The van der Waals surface area contributed by atoms with Crippen molar-refractivity contribution in [2.45, 2.75) is 12.8 Å². The van der Waals surface area contributed by atoms with Gasteiger partial charge >= 0.3 is 12.0 Å². The number of aliphatic carboxylic acids is 1. The van der Waals surface area contributed by atoms with Crippen LogP contribution in [-0.2, 0) is 4.79 Å². The smallest absolute Gasteiger partial charge is 0.320 e. The summed E-state index contributed by atoms with van der Waals surface area (Å²) in [6, 6.07) is 4.01. The van der Waals surface area contributed by atoms with Gasteiger partial charge in [-0.1, -0.05) is 0 Å². The molecule has 1 aromatic heterocycles. The van der Waals surface area contributed by atoms with Crippen molar-refractivity contribution in [2.24, 2.45) is 5.92 Å². The summed E-state index contributed by atoms with van der Waals surface area (Å²) in [5, 5.41) is 9.03. The third-order valence-electron chi connectivity index (χ3n) is 4.69. The van der Waals surface area contributed by atoms with Crippen molar-refractivity contribution in [3.05, 3.63) is 24.5 Å². The topological polar surface area (TPSA) is 77.0 Å². The van der Waals surface area contributed by atoms with Crippen LogP contribution in [0.15, 0.2) is 24.5 Å². The molecule has 0 atom stereocenters. The fourth-order valence-electron chi connectivity index (χ4n) is 3.23. The summed E-state index contributed by atoms with van der Waals surface area (Å²) < 4.78 is 0. The molecule has 2 aliphatic heterocycles. The van der Waals surface area contributed by atoms with Gasteiger partial charge in [-0.3, -0.25) is 9.78 Å². The van der Waals surface area contributed by atoms with Crippen LogP contribution in [0.25, 0.3) is 0 Å². The van der Waals surface area contributed by atoms with Crippen molar-refractivity contribution in [3.8, 4) is 0 Å². The summed E-state index contributed by atoms with van der Waals surface area (Å²) in [5.41, 5.74) is 1.13.